The van der Waals surface area contributed by atoms with Crippen molar-refractivity contribution in [1.82, 2.24) is 15.5 Å². The van der Waals surface area contributed by atoms with Crippen LogP contribution in [0.25, 0.3) is 0 Å². The number of nitrogens with zero attached hydrogens (tertiary/aromatic N) is 1. The first kappa shape index (κ1) is 19.8. The minimum Gasteiger partial charge on any atom is -0.466 e. The Balaban J connectivity index is 1.91. The van der Waals surface area contributed by atoms with Crippen molar-refractivity contribution in [2.75, 3.05) is 12.4 Å². The minimum atomic E-state index is -0.829. The lowest BCUT2D eigenvalue weighted by Crippen LogP contribution is -2.46. The van der Waals surface area contributed by atoms with Gasteiger partial charge < -0.3 is 19.4 Å². The standard InChI is InChI=1S/C16H21N3O6S/c1-9(2)17-16(23)18-13(21)7-25-15(22)11-8-26-14(19(11)10(3)20)12-5-4-6-24-12/h4-6,9,11,14H,7-8H2,1-3H3,(H2,17,18,21,23)/t11-,14+/m1/s1. The summed E-state index contributed by atoms with van der Waals surface area (Å²) in [7, 11) is 0. The Morgan fingerprint density at radius 1 is 1.38 bits per heavy atom. The van der Waals surface area contributed by atoms with Crippen molar-refractivity contribution in [2.45, 2.75) is 38.2 Å². The molecule has 0 spiro atoms. The summed E-state index contributed by atoms with van der Waals surface area (Å²) in [6, 6.07) is 1.79. The Kier molecular flexibility index (Phi) is 6.67. The van der Waals surface area contributed by atoms with Crippen LogP contribution in [0.3, 0.4) is 0 Å². The maximum atomic E-state index is 12.3. The van der Waals surface area contributed by atoms with E-state index < -0.39 is 35.9 Å². The zero-order valence-corrected chi connectivity index (χ0v) is 15.5. The van der Waals surface area contributed by atoms with E-state index in [9.17, 15) is 19.2 Å². The zero-order chi connectivity index (χ0) is 19.3. The van der Waals surface area contributed by atoms with Gasteiger partial charge in [0.1, 0.15) is 17.2 Å². The second-order valence-corrected chi connectivity index (χ2v) is 7.04. The highest BCUT2D eigenvalue weighted by molar-refractivity contribution is 7.99. The van der Waals surface area contributed by atoms with Gasteiger partial charge in [-0.2, -0.15) is 0 Å². The molecular formula is C16H21N3O6S. The number of ether oxygens (including phenoxy) is 1. The molecule has 2 heterocycles. The second-order valence-electron chi connectivity index (χ2n) is 5.93. The first-order valence-corrected chi connectivity index (χ1v) is 9.05. The highest BCUT2D eigenvalue weighted by atomic mass is 32.2. The Morgan fingerprint density at radius 2 is 2.12 bits per heavy atom. The van der Waals surface area contributed by atoms with Gasteiger partial charge in [-0.3, -0.25) is 14.9 Å². The smallest absolute Gasteiger partial charge is 0.330 e. The molecule has 9 nitrogen and oxygen atoms in total. The maximum Gasteiger partial charge on any atom is 0.330 e. The van der Waals surface area contributed by atoms with Gasteiger partial charge in [0.15, 0.2) is 6.61 Å². The number of hydrogen-bond donors (Lipinski definition) is 2. The fourth-order valence-corrected chi connectivity index (χ4v) is 3.83. The van der Waals surface area contributed by atoms with Crippen molar-refractivity contribution < 1.29 is 28.3 Å². The van der Waals surface area contributed by atoms with E-state index in [4.69, 9.17) is 9.15 Å². The predicted molar refractivity (Wildman–Crippen MR) is 93.0 cm³/mol. The van der Waals surface area contributed by atoms with Crippen LogP contribution in [0.4, 0.5) is 4.79 Å². The molecule has 1 aromatic heterocycles. The summed E-state index contributed by atoms with van der Waals surface area (Å²) in [6.07, 6.45) is 1.49. The van der Waals surface area contributed by atoms with Gasteiger partial charge in [-0.15, -0.1) is 11.8 Å². The Hall–Kier alpha value is -2.49. The normalized spacial score (nSPS) is 19.3. The molecule has 142 valence electrons. The van der Waals surface area contributed by atoms with Crippen molar-refractivity contribution in [2.24, 2.45) is 0 Å². The van der Waals surface area contributed by atoms with Gasteiger partial charge in [0.05, 0.1) is 6.26 Å². The predicted octanol–water partition coefficient (Wildman–Crippen LogP) is 1.02. The molecule has 2 atom stereocenters. The number of furan rings is 1. The molecule has 0 unspecified atom stereocenters. The van der Waals surface area contributed by atoms with Crippen LogP contribution in [0.2, 0.25) is 0 Å². The van der Waals surface area contributed by atoms with Gasteiger partial charge in [-0.1, -0.05) is 0 Å². The fourth-order valence-electron chi connectivity index (χ4n) is 2.42. The first-order chi connectivity index (χ1) is 12.3. The van der Waals surface area contributed by atoms with Crippen molar-refractivity contribution in [3.05, 3.63) is 24.2 Å². The fraction of sp³-hybridized carbons (Fsp3) is 0.500. The largest absolute Gasteiger partial charge is 0.466 e. The highest BCUT2D eigenvalue weighted by Crippen LogP contribution is 2.41. The molecule has 0 saturated carbocycles. The molecule has 4 amide bonds. The van der Waals surface area contributed by atoms with Crippen LogP contribution in [-0.4, -0.2) is 53.2 Å². The molecule has 10 heteroatoms. The number of carbonyl (C=O) groups is 4. The van der Waals surface area contributed by atoms with Crippen molar-refractivity contribution in [3.63, 3.8) is 0 Å². The van der Waals surface area contributed by atoms with Gasteiger partial charge in [0.2, 0.25) is 5.91 Å². The van der Waals surface area contributed by atoms with E-state index in [1.165, 1.54) is 29.8 Å². The molecule has 1 aliphatic rings. The van der Waals surface area contributed by atoms with E-state index in [2.05, 4.69) is 10.6 Å². The second kappa shape index (κ2) is 8.75. The van der Waals surface area contributed by atoms with Crippen molar-refractivity contribution in [1.29, 1.82) is 0 Å². The van der Waals surface area contributed by atoms with Crippen molar-refractivity contribution in [3.8, 4) is 0 Å². The monoisotopic (exact) mass is 383 g/mol. The van der Waals surface area contributed by atoms with Crippen LogP contribution in [-0.2, 0) is 19.1 Å². The van der Waals surface area contributed by atoms with E-state index in [1.807, 2.05) is 0 Å². The molecule has 0 radical (unpaired) electrons. The number of rotatable bonds is 5. The molecular weight excluding hydrogens is 362 g/mol. The molecule has 1 aromatic rings. The Morgan fingerprint density at radius 3 is 2.69 bits per heavy atom. The summed E-state index contributed by atoms with van der Waals surface area (Å²) in [5, 5.41) is 4.11. The maximum absolute atomic E-state index is 12.3. The van der Waals surface area contributed by atoms with Gasteiger partial charge in [-0.25, -0.2) is 9.59 Å². The van der Waals surface area contributed by atoms with Crippen LogP contribution in [0.1, 0.15) is 31.9 Å². The number of esters is 1. The molecule has 1 fully saturated rings. The van der Waals surface area contributed by atoms with Crippen LogP contribution in [0, 0.1) is 0 Å². The average molecular weight is 383 g/mol. The van der Waals surface area contributed by atoms with Crippen LogP contribution >= 0.6 is 11.8 Å². The third-order valence-corrected chi connectivity index (χ3v) is 4.72. The Labute approximate surface area is 154 Å². The third-order valence-electron chi connectivity index (χ3n) is 3.44. The molecule has 2 rings (SSSR count). The number of thioether (sulfide) groups is 1. The average Bonchev–Trinajstić information content (AvgIpc) is 3.20. The lowest BCUT2D eigenvalue weighted by Gasteiger charge is -2.25. The number of imide groups is 1. The molecule has 0 aliphatic carbocycles. The van der Waals surface area contributed by atoms with Gasteiger partial charge in [0, 0.05) is 18.7 Å². The topological polar surface area (TPSA) is 118 Å². The summed E-state index contributed by atoms with van der Waals surface area (Å²) in [6.45, 7) is 4.23. The van der Waals surface area contributed by atoms with Crippen LogP contribution in [0.15, 0.2) is 22.8 Å². The van der Waals surface area contributed by atoms with E-state index in [-0.39, 0.29) is 11.9 Å². The molecule has 1 aliphatic heterocycles. The number of hydrogen-bond acceptors (Lipinski definition) is 7. The van der Waals surface area contributed by atoms with E-state index in [1.54, 1.807) is 26.0 Å². The molecule has 1 saturated heterocycles. The zero-order valence-electron chi connectivity index (χ0n) is 14.7. The lowest BCUT2D eigenvalue weighted by atomic mass is 10.2. The van der Waals surface area contributed by atoms with E-state index in [0.29, 0.717) is 11.5 Å². The number of urea groups is 1. The summed E-state index contributed by atoms with van der Waals surface area (Å²) in [5.74, 6) is -0.887. The van der Waals surface area contributed by atoms with Crippen LogP contribution in [0.5, 0.6) is 0 Å². The quantitative estimate of drug-likeness (QED) is 0.729. The van der Waals surface area contributed by atoms with Crippen molar-refractivity contribution >= 4 is 35.6 Å². The number of amides is 4. The molecule has 2 N–H and O–H groups in total. The first-order valence-electron chi connectivity index (χ1n) is 8.00. The summed E-state index contributed by atoms with van der Waals surface area (Å²) >= 11 is 1.37. The summed E-state index contributed by atoms with van der Waals surface area (Å²) in [4.78, 5) is 48.8. The van der Waals surface area contributed by atoms with Crippen LogP contribution < -0.4 is 10.6 Å². The summed E-state index contributed by atoms with van der Waals surface area (Å²) in [5.41, 5.74) is 0. The molecule has 0 bridgehead atoms. The highest BCUT2D eigenvalue weighted by Gasteiger charge is 2.43. The number of carbonyl (C=O) groups excluding carboxylic acids is 4. The third kappa shape index (κ3) is 5.01. The van der Waals surface area contributed by atoms with Gasteiger partial charge in [-0.05, 0) is 26.0 Å². The minimum absolute atomic E-state index is 0.136. The Bertz CT molecular complexity index is 676. The SMILES string of the molecule is CC(=O)N1[C@@H](C(=O)OCC(=O)NC(=O)NC(C)C)CS[C@H]1c1ccco1. The summed E-state index contributed by atoms with van der Waals surface area (Å²) < 4.78 is 10.3. The van der Waals surface area contributed by atoms with E-state index >= 15 is 0 Å². The van der Waals surface area contributed by atoms with E-state index in [0.717, 1.165) is 0 Å². The lowest BCUT2D eigenvalue weighted by molar-refractivity contribution is -0.156. The number of nitrogens with one attached hydrogen (secondary N) is 2. The molecule has 26 heavy (non-hydrogen) atoms. The van der Waals surface area contributed by atoms with Gasteiger partial charge >= 0.3 is 12.0 Å². The van der Waals surface area contributed by atoms with Gasteiger partial charge in [0.25, 0.3) is 5.91 Å². The molecule has 0 aromatic carbocycles.